The molecule has 4 N–H and O–H groups in total. The van der Waals surface area contributed by atoms with Crippen molar-refractivity contribution in [2.75, 3.05) is 0 Å². The summed E-state index contributed by atoms with van der Waals surface area (Å²) in [5, 5.41) is 0. The van der Waals surface area contributed by atoms with Crippen LogP contribution < -0.4 is 11.4 Å². The van der Waals surface area contributed by atoms with E-state index in [1.807, 2.05) is 12.1 Å². The van der Waals surface area contributed by atoms with Gasteiger partial charge in [-0.25, -0.2) is 4.79 Å². The number of imidazole rings is 1. The third-order valence-corrected chi connectivity index (χ3v) is 4.42. The van der Waals surface area contributed by atoms with Gasteiger partial charge in [-0.3, -0.25) is 0 Å². The number of nitrogens with one attached hydrogen (secondary N) is 2. The summed E-state index contributed by atoms with van der Waals surface area (Å²) in [6, 6.07) is 9.82. The molecule has 4 nitrogen and oxygen atoms in total. The van der Waals surface area contributed by atoms with Crippen LogP contribution in [-0.4, -0.2) is 9.97 Å². The fraction of sp³-hybridized carbons (Fsp3) is 0.188. The molecule has 3 aromatic rings. The molecule has 1 unspecified atom stereocenters. The molecule has 5 heteroatoms. The van der Waals surface area contributed by atoms with Crippen molar-refractivity contribution in [2.45, 2.75) is 19.9 Å². The number of benzene rings is 2. The average Bonchev–Trinajstić information content (AvgIpc) is 2.79. The lowest BCUT2D eigenvalue weighted by atomic mass is 9.94. The first-order valence-corrected chi connectivity index (χ1v) is 7.49. The first-order chi connectivity index (χ1) is 9.95. The first-order valence-electron chi connectivity index (χ1n) is 6.70. The van der Waals surface area contributed by atoms with Gasteiger partial charge in [-0.05, 0) is 42.7 Å². The zero-order valence-corrected chi connectivity index (χ0v) is 13.4. The third-order valence-electron chi connectivity index (χ3n) is 3.74. The van der Waals surface area contributed by atoms with E-state index in [1.165, 1.54) is 5.56 Å². The van der Waals surface area contributed by atoms with Crippen molar-refractivity contribution in [1.82, 2.24) is 9.97 Å². The molecule has 1 aromatic heterocycles. The number of aromatic amines is 2. The summed E-state index contributed by atoms with van der Waals surface area (Å²) in [5.74, 6) is 0. The molecular weight excluding hydrogens is 330 g/mol. The Hall–Kier alpha value is -1.85. The number of aromatic nitrogens is 2. The van der Waals surface area contributed by atoms with Crippen LogP contribution in [0.1, 0.15) is 28.3 Å². The van der Waals surface area contributed by atoms with E-state index in [2.05, 4.69) is 57.9 Å². The first kappa shape index (κ1) is 14.1. The molecule has 0 bridgehead atoms. The van der Waals surface area contributed by atoms with Crippen molar-refractivity contribution >= 4 is 27.0 Å². The van der Waals surface area contributed by atoms with E-state index in [4.69, 9.17) is 5.73 Å². The maximum atomic E-state index is 11.4. The largest absolute Gasteiger partial charge is 0.323 e. The fourth-order valence-corrected chi connectivity index (χ4v) is 3.16. The van der Waals surface area contributed by atoms with Gasteiger partial charge in [-0.15, -0.1) is 0 Å². The Labute approximate surface area is 130 Å². The van der Waals surface area contributed by atoms with Crippen LogP contribution in [0.3, 0.4) is 0 Å². The van der Waals surface area contributed by atoms with Gasteiger partial charge in [0.1, 0.15) is 0 Å². The van der Waals surface area contributed by atoms with Crippen LogP contribution in [0.15, 0.2) is 39.6 Å². The number of halogens is 1. The maximum absolute atomic E-state index is 11.4. The number of fused-ring (bicyclic) bond motifs is 1. The summed E-state index contributed by atoms with van der Waals surface area (Å²) in [5.41, 5.74) is 12.1. The van der Waals surface area contributed by atoms with E-state index >= 15 is 0 Å². The van der Waals surface area contributed by atoms with Crippen molar-refractivity contribution in [3.63, 3.8) is 0 Å². The highest BCUT2D eigenvalue weighted by Gasteiger charge is 2.16. The zero-order valence-electron chi connectivity index (χ0n) is 11.8. The minimum atomic E-state index is -0.248. The molecule has 0 saturated heterocycles. The van der Waals surface area contributed by atoms with Gasteiger partial charge in [-0.1, -0.05) is 39.7 Å². The second-order valence-electron chi connectivity index (χ2n) is 5.34. The third kappa shape index (κ3) is 2.54. The maximum Gasteiger partial charge on any atom is 0.323 e. The smallest absolute Gasteiger partial charge is 0.320 e. The van der Waals surface area contributed by atoms with Gasteiger partial charge >= 0.3 is 5.69 Å². The van der Waals surface area contributed by atoms with E-state index in [1.54, 1.807) is 0 Å². The molecule has 0 aliphatic heterocycles. The highest BCUT2D eigenvalue weighted by atomic mass is 79.9. The van der Waals surface area contributed by atoms with Crippen LogP contribution in [-0.2, 0) is 0 Å². The number of aryl methyl sites for hydroxylation is 2. The molecule has 108 valence electrons. The lowest BCUT2D eigenvalue weighted by Crippen LogP contribution is -2.14. The molecule has 21 heavy (non-hydrogen) atoms. The second kappa shape index (κ2) is 5.16. The van der Waals surface area contributed by atoms with E-state index in [0.717, 1.165) is 32.2 Å². The van der Waals surface area contributed by atoms with Crippen LogP contribution >= 0.6 is 15.9 Å². The summed E-state index contributed by atoms with van der Waals surface area (Å²) >= 11 is 3.55. The minimum Gasteiger partial charge on any atom is -0.320 e. The van der Waals surface area contributed by atoms with Crippen LogP contribution in [0.5, 0.6) is 0 Å². The number of hydrogen-bond donors (Lipinski definition) is 3. The van der Waals surface area contributed by atoms with Gasteiger partial charge in [-0.2, -0.15) is 0 Å². The van der Waals surface area contributed by atoms with Gasteiger partial charge < -0.3 is 15.7 Å². The van der Waals surface area contributed by atoms with E-state index in [0.29, 0.717) is 0 Å². The van der Waals surface area contributed by atoms with Gasteiger partial charge in [0, 0.05) is 4.47 Å². The van der Waals surface area contributed by atoms with Crippen molar-refractivity contribution in [2.24, 2.45) is 5.73 Å². The molecule has 3 rings (SSSR count). The fourth-order valence-electron chi connectivity index (χ4n) is 2.57. The SMILES string of the molecule is Cc1ccc(C)c(C(N)c2cc3[nH]c(=O)[nH]c3cc2Br)c1. The van der Waals surface area contributed by atoms with Crippen molar-refractivity contribution in [3.8, 4) is 0 Å². The predicted octanol–water partition coefficient (Wildman–Crippen LogP) is 3.28. The molecule has 2 aromatic carbocycles. The molecule has 1 heterocycles. The van der Waals surface area contributed by atoms with Gasteiger partial charge in [0.15, 0.2) is 0 Å². The predicted molar refractivity (Wildman–Crippen MR) is 88.6 cm³/mol. The van der Waals surface area contributed by atoms with E-state index < -0.39 is 0 Å². The standard InChI is InChI=1S/C16H16BrN3O/c1-8-3-4-9(2)10(5-8)15(18)11-6-13-14(7-12(11)17)20-16(21)19-13/h3-7,15H,18H2,1-2H3,(H2,19,20,21). The molecular formula is C16H16BrN3O. The number of H-pyrrole nitrogens is 2. The van der Waals surface area contributed by atoms with Crippen molar-refractivity contribution in [3.05, 3.63) is 67.5 Å². The molecule has 1 atom stereocenters. The minimum absolute atomic E-state index is 0.214. The van der Waals surface area contributed by atoms with E-state index in [-0.39, 0.29) is 11.7 Å². The summed E-state index contributed by atoms with van der Waals surface area (Å²) in [4.78, 5) is 16.9. The topological polar surface area (TPSA) is 74.7 Å². The summed E-state index contributed by atoms with van der Waals surface area (Å²) < 4.78 is 0.888. The molecule has 0 amide bonds. The molecule has 0 saturated carbocycles. The lowest BCUT2D eigenvalue weighted by Gasteiger charge is -2.17. The summed E-state index contributed by atoms with van der Waals surface area (Å²) in [6.45, 7) is 4.11. The Balaban J connectivity index is 2.16. The van der Waals surface area contributed by atoms with Crippen LogP contribution in [0.4, 0.5) is 0 Å². The summed E-state index contributed by atoms with van der Waals surface area (Å²) in [6.07, 6.45) is 0. The monoisotopic (exact) mass is 345 g/mol. The highest BCUT2D eigenvalue weighted by molar-refractivity contribution is 9.10. The van der Waals surface area contributed by atoms with E-state index in [9.17, 15) is 4.79 Å². The van der Waals surface area contributed by atoms with Crippen LogP contribution in [0.25, 0.3) is 11.0 Å². The normalized spacial score (nSPS) is 12.8. The molecule has 0 radical (unpaired) electrons. The molecule has 0 aliphatic carbocycles. The Morgan fingerprint density at radius 3 is 2.43 bits per heavy atom. The van der Waals surface area contributed by atoms with Crippen molar-refractivity contribution < 1.29 is 0 Å². The average molecular weight is 346 g/mol. The van der Waals surface area contributed by atoms with Gasteiger partial charge in [0.05, 0.1) is 17.1 Å². The lowest BCUT2D eigenvalue weighted by molar-refractivity contribution is 0.856. The molecule has 0 fully saturated rings. The van der Waals surface area contributed by atoms with Crippen LogP contribution in [0, 0.1) is 13.8 Å². The van der Waals surface area contributed by atoms with Crippen molar-refractivity contribution in [1.29, 1.82) is 0 Å². The number of hydrogen-bond acceptors (Lipinski definition) is 2. The van der Waals surface area contributed by atoms with Crippen LogP contribution in [0.2, 0.25) is 0 Å². The van der Waals surface area contributed by atoms with Gasteiger partial charge in [0.2, 0.25) is 0 Å². The quantitative estimate of drug-likeness (QED) is 0.666. The molecule has 0 aliphatic rings. The second-order valence-corrected chi connectivity index (χ2v) is 6.19. The van der Waals surface area contributed by atoms with Gasteiger partial charge in [0.25, 0.3) is 0 Å². The Morgan fingerprint density at radius 1 is 1.05 bits per heavy atom. The number of nitrogens with two attached hydrogens (primary N) is 1. The highest BCUT2D eigenvalue weighted by Crippen LogP contribution is 2.31. The molecule has 0 spiro atoms. The number of rotatable bonds is 2. The summed E-state index contributed by atoms with van der Waals surface area (Å²) in [7, 11) is 0. The zero-order chi connectivity index (χ0) is 15.1. The Morgan fingerprint density at radius 2 is 1.71 bits per heavy atom. The Kier molecular flexibility index (Phi) is 3.47. The Bertz CT molecular complexity index is 879.